The lowest BCUT2D eigenvalue weighted by atomic mass is 10.1. The summed E-state index contributed by atoms with van der Waals surface area (Å²) in [7, 11) is 0. The number of carbonyl (C=O) groups excluding carboxylic acids is 1. The number of nitrogens with one attached hydrogen (secondary N) is 1. The van der Waals surface area contributed by atoms with Crippen LogP contribution in [0.1, 0.15) is 24.8 Å². The molecular weight excluding hydrogens is 261 g/mol. The molecule has 1 aromatic carbocycles. The average molecular weight is 281 g/mol. The van der Waals surface area contributed by atoms with E-state index in [1.807, 2.05) is 0 Å². The van der Waals surface area contributed by atoms with Gasteiger partial charge in [-0.05, 0) is 32.0 Å². The first kappa shape index (κ1) is 14.9. The van der Waals surface area contributed by atoms with Crippen LogP contribution in [0.5, 0.6) is 0 Å². The zero-order valence-electron chi connectivity index (χ0n) is 11.4. The number of carbonyl (C=O) groups is 1. The van der Waals surface area contributed by atoms with Crippen LogP contribution in [0.15, 0.2) is 24.3 Å². The third-order valence-electron chi connectivity index (χ3n) is 3.29. The Morgan fingerprint density at radius 3 is 2.80 bits per heavy atom. The molecule has 0 bridgehead atoms. The van der Waals surface area contributed by atoms with Gasteiger partial charge in [-0.3, -0.25) is 4.79 Å². The second-order valence-corrected chi connectivity index (χ2v) is 4.82. The number of ether oxygens (including phenoxy) is 2. The molecule has 0 amide bonds. The van der Waals surface area contributed by atoms with Crippen molar-refractivity contribution in [2.45, 2.75) is 32.0 Å². The maximum atomic E-state index is 13.3. The molecule has 110 valence electrons. The van der Waals surface area contributed by atoms with Crippen LogP contribution < -0.4 is 5.32 Å². The summed E-state index contributed by atoms with van der Waals surface area (Å²) in [6.45, 7) is 2.25. The van der Waals surface area contributed by atoms with Crippen molar-refractivity contribution in [2.75, 3.05) is 19.7 Å². The number of hydrogen-bond acceptors (Lipinski definition) is 4. The summed E-state index contributed by atoms with van der Waals surface area (Å²) in [6.07, 6.45) is 2.39. The van der Waals surface area contributed by atoms with E-state index in [2.05, 4.69) is 5.32 Å². The highest BCUT2D eigenvalue weighted by Gasteiger charge is 2.14. The summed E-state index contributed by atoms with van der Waals surface area (Å²) in [5.74, 6) is -0.714. The van der Waals surface area contributed by atoms with Crippen molar-refractivity contribution in [1.82, 2.24) is 5.32 Å². The molecule has 0 saturated carbocycles. The molecule has 1 saturated heterocycles. The summed E-state index contributed by atoms with van der Waals surface area (Å²) in [6, 6.07) is 6.28. The first-order valence-electron chi connectivity index (χ1n) is 6.97. The summed E-state index contributed by atoms with van der Waals surface area (Å²) in [4.78, 5) is 11.5. The normalized spacial score (nSPS) is 16.1. The molecule has 0 atom stereocenters. The van der Waals surface area contributed by atoms with E-state index < -0.39 is 0 Å². The van der Waals surface area contributed by atoms with Gasteiger partial charge in [-0.15, -0.1) is 0 Å². The lowest BCUT2D eigenvalue weighted by Crippen LogP contribution is -2.32. The van der Waals surface area contributed by atoms with Crippen molar-refractivity contribution in [1.29, 1.82) is 0 Å². The van der Waals surface area contributed by atoms with Crippen LogP contribution in [-0.2, 0) is 20.9 Å². The van der Waals surface area contributed by atoms with E-state index in [1.54, 1.807) is 18.2 Å². The Morgan fingerprint density at radius 2 is 2.05 bits per heavy atom. The van der Waals surface area contributed by atoms with Crippen LogP contribution in [0.25, 0.3) is 0 Å². The summed E-state index contributed by atoms with van der Waals surface area (Å²) >= 11 is 0. The quantitative estimate of drug-likeness (QED) is 0.811. The Hall–Kier alpha value is -1.46. The molecule has 20 heavy (non-hydrogen) atoms. The van der Waals surface area contributed by atoms with Gasteiger partial charge >= 0.3 is 5.97 Å². The number of piperidine rings is 1. The van der Waals surface area contributed by atoms with Crippen LogP contribution in [0.4, 0.5) is 4.39 Å². The number of rotatable bonds is 6. The van der Waals surface area contributed by atoms with Gasteiger partial charge < -0.3 is 14.8 Å². The van der Waals surface area contributed by atoms with Gasteiger partial charge in [-0.25, -0.2) is 4.39 Å². The van der Waals surface area contributed by atoms with Crippen LogP contribution >= 0.6 is 0 Å². The van der Waals surface area contributed by atoms with Crippen molar-refractivity contribution in [2.24, 2.45) is 0 Å². The Balaban J connectivity index is 1.62. The minimum Gasteiger partial charge on any atom is -0.461 e. The Labute approximate surface area is 118 Å². The fourth-order valence-electron chi connectivity index (χ4n) is 2.12. The molecule has 4 nitrogen and oxygen atoms in total. The summed E-state index contributed by atoms with van der Waals surface area (Å²) in [5.41, 5.74) is 0.389. The highest BCUT2D eigenvalue weighted by atomic mass is 19.1. The average Bonchev–Trinajstić information content (AvgIpc) is 2.47. The molecule has 1 heterocycles. The molecular formula is C15H20FNO3. The van der Waals surface area contributed by atoms with Gasteiger partial charge in [0.15, 0.2) is 0 Å². The van der Waals surface area contributed by atoms with Gasteiger partial charge in [0.2, 0.25) is 0 Å². The minimum atomic E-state index is -0.359. The van der Waals surface area contributed by atoms with E-state index in [-0.39, 0.29) is 30.9 Å². The van der Waals surface area contributed by atoms with Crippen LogP contribution in [0.3, 0.4) is 0 Å². The number of esters is 1. The van der Waals surface area contributed by atoms with Gasteiger partial charge in [0.25, 0.3) is 0 Å². The maximum absolute atomic E-state index is 13.3. The highest BCUT2D eigenvalue weighted by Crippen LogP contribution is 2.09. The van der Waals surface area contributed by atoms with Crippen LogP contribution in [-0.4, -0.2) is 31.8 Å². The molecule has 1 aliphatic rings. The third-order valence-corrected chi connectivity index (χ3v) is 3.29. The third kappa shape index (κ3) is 4.90. The maximum Gasteiger partial charge on any atom is 0.308 e. The SMILES string of the molecule is O=C(CCOC1CCNCC1)OCc1ccccc1F. The smallest absolute Gasteiger partial charge is 0.308 e. The Bertz CT molecular complexity index is 433. The largest absolute Gasteiger partial charge is 0.461 e. The fraction of sp³-hybridized carbons (Fsp3) is 0.533. The lowest BCUT2D eigenvalue weighted by molar-refractivity contribution is -0.146. The molecule has 5 heteroatoms. The van der Waals surface area contributed by atoms with Crippen LogP contribution in [0.2, 0.25) is 0 Å². The Kier molecular flexibility index (Phi) is 5.95. The predicted octanol–water partition coefficient (Wildman–Crippen LogP) is 2.03. The lowest BCUT2D eigenvalue weighted by Gasteiger charge is -2.22. The minimum absolute atomic E-state index is 0.0289. The topological polar surface area (TPSA) is 47.6 Å². The van der Waals surface area contributed by atoms with Gasteiger partial charge in [-0.2, -0.15) is 0 Å². The van der Waals surface area contributed by atoms with Gasteiger partial charge in [0, 0.05) is 5.56 Å². The van der Waals surface area contributed by atoms with E-state index in [0.29, 0.717) is 12.2 Å². The van der Waals surface area contributed by atoms with E-state index in [4.69, 9.17) is 9.47 Å². The molecule has 0 aromatic heterocycles. The van der Waals surface area contributed by atoms with Crippen molar-refractivity contribution in [3.05, 3.63) is 35.6 Å². The zero-order valence-corrected chi connectivity index (χ0v) is 11.4. The predicted molar refractivity (Wildman–Crippen MR) is 72.7 cm³/mol. The van der Waals surface area contributed by atoms with E-state index in [1.165, 1.54) is 6.07 Å². The molecule has 0 radical (unpaired) electrons. The Morgan fingerprint density at radius 1 is 1.30 bits per heavy atom. The zero-order chi connectivity index (χ0) is 14.2. The molecule has 2 rings (SSSR count). The second-order valence-electron chi connectivity index (χ2n) is 4.82. The first-order valence-corrected chi connectivity index (χ1v) is 6.97. The number of benzene rings is 1. The van der Waals surface area contributed by atoms with Crippen LogP contribution in [0, 0.1) is 5.82 Å². The standard InChI is InChI=1S/C15H20FNO3/c16-14-4-2-1-3-12(14)11-20-15(18)7-10-19-13-5-8-17-9-6-13/h1-4,13,17H,5-11H2. The fourth-order valence-corrected chi connectivity index (χ4v) is 2.12. The molecule has 1 N–H and O–H groups in total. The molecule has 1 fully saturated rings. The first-order chi connectivity index (χ1) is 9.75. The van der Waals surface area contributed by atoms with Crippen molar-refractivity contribution in [3.63, 3.8) is 0 Å². The summed E-state index contributed by atoms with van der Waals surface area (Å²) in [5, 5.41) is 3.25. The highest BCUT2D eigenvalue weighted by molar-refractivity contribution is 5.69. The molecule has 0 unspecified atom stereocenters. The van der Waals surface area contributed by atoms with E-state index in [9.17, 15) is 9.18 Å². The molecule has 1 aliphatic heterocycles. The molecule has 0 spiro atoms. The monoisotopic (exact) mass is 281 g/mol. The summed E-state index contributed by atoms with van der Waals surface area (Å²) < 4.78 is 24.0. The number of hydrogen-bond donors (Lipinski definition) is 1. The number of halogens is 1. The van der Waals surface area contributed by atoms with E-state index >= 15 is 0 Å². The van der Waals surface area contributed by atoms with E-state index in [0.717, 1.165) is 25.9 Å². The molecule has 0 aliphatic carbocycles. The second kappa shape index (κ2) is 7.97. The van der Waals surface area contributed by atoms with Crippen molar-refractivity contribution in [3.8, 4) is 0 Å². The van der Waals surface area contributed by atoms with Gasteiger partial charge in [-0.1, -0.05) is 18.2 Å². The van der Waals surface area contributed by atoms with Crippen molar-refractivity contribution < 1.29 is 18.7 Å². The molecule has 1 aromatic rings. The van der Waals surface area contributed by atoms with Gasteiger partial charge in [0.05, 0.1) is 19.1 Å². The van der Waals surface area contributed by atoms with Crippen molar-refractivity contribution >= 4 is 5.97 Å². The van der Waals surface area contributed by atoms with Gasteiger partial charge in [0.1, 0.15) is 12.4 Å².